The van der Waals surface area contributed by atoms with E-state index in [1.165, 1.54) is 6.07 Å². The molecule has 1 saturated heterocycles. The molecule has 6 heteroatoms. The van der Waals surface area contributed by atoms with Crippen molar-refractivity contribution in [2.45, 2.75) is 24.6 Å². The summed E-state index contributed by atoms with van der Waals surface area (Å²) in [7, 11) is 0. The second-order valence-electron chi connectivity index (χ2n) is 5.03. The third kappa shape index (κ3) is 2.21. The van der Waals surface area contributed by atoms with Crippen LogP contribution in [0.3, 0.4) is 0 Å². The molecule has 4 unspecified atom stereocenters. The Kier molecular flexibility index (Phi) is 3.40. The van der Waals surface area contributed by atoms with E-state index in [1.807, 2.05) is 22.6 Å². The molecule has 19 heavy (non-hydrogen) atoms. The lowest BCUT2D eigenvalue weighted by atomic mass is 9.72. The van der Waals surface area contributed by atoms with E-state index in [4.69, 9.17) is 10.5 Å². The number of phenolic OH excluding ortho intramolecular Hbond substituents is 1. The number of nitrogens with one attached hydrogen (secondary N) is 1. The first-order valence-electron chi connectivity index (χ1n) is 6.24. The van der Waals surface area contributed by atoms with Gasteiger partial charge in [0.15, 0.2) is 0 Å². The second-order valence-corrected chi connectivity index (χ2v) is 6.19. The minimum Gasteiger partial charge on any atom is -0.507 e. The Morgan fingerprint density at radius 3 is 3.05 bits per heavy atom. The van der Waals surface area contributed by atoms with E-state index in [-0.39, 0.29) is 29.8 Å². The van der Waals surface area contributed by atoms with Crippen molar-refractivity contribution in [3.63, 3.8) is 0 Å². The van der Waals surface area contributed by atoms with E-state index < -0.39 is 0 Å². The van der Waals surface area contributed by atoms with Gasteiger partial charge in [0.2, 0.25) is 0 Å². The Bertz CT molecular complexity index is 523. The predicted octanol–water partition coefficient (Wildman–Crippen LogP) is 0.841. The maximum absolute atomic E-state index is 12.1. The van der Waals surface area contributed by atoms with Crippen LogP contribution < -0.4 is 11.1 Å². The summed E-state index contributed by atoms with van der Waals surface area (Å²) in [4.78, 5) is 12.1. The molecule has 3 rings (SSSR count). The number of benzene rings is 1. The Balaban J connectivity index is 1.70. The smallest absolute Gasteiger partial charge is 0.251 e. The van der Waals surface area contributed by atoms with Gasteiger partial charge in [-0.1, -0.05) is 0 Å². The van der Waals surface area contributed by atoms with Gasteiger partial charge in [0.25, 0.3) is 5.91 Å². The average molecular weight is 374 g/mol. The molecule has 4 N–H and O–H groups in total. The van der Waals surface area contributed by atoms with E-state index in [2.05, 4.69) is 5.32 Å². The molecular formula is C13H15IN2O3. The van der Waals surface area contributed by atoms with Crippen molar-refractivity contribution in [1.29, 1.82) is 0 Å². The van der Waals surface area contributed by atoms with E-state index in [0.29, 0.717) is 15.1 Å². The molecular weight excluding hydrogens is 359 g/mol. The second kappa shape index (κ2) is 4.92. The van der Waals surface area contributed by atoms with Crippen molar-refractivity contribution in [2.75, 3.05) is 6.61 Å². The van der Waals surface area contributed by atoms with Gasteiger partial charge in [-0.15, -0.1) is 0 Å². The first-order chi connectivity index (χ1) is 9.08. The molecule has 1 amide bonds. The van der Waals surface area contributed by atoms with Crippen LogP contribution in [0.4, 0.5) is 0 Å². The van der Waals surface area contributed by atoms with Gasteiger partial charge in [0, 0.05) is 24.1 Å². The van der Waals surface area contributed by atoms with Gasteiger partial charge < -0.3 is 20.9 Å². The van der Waals surface area contributed by atoms with Gasteiger partial charge in [0.1, 0.15) is 5.75 Å². The maximum Gasteiger partial charge on any atom is 0.251 e. The van der Waals surface area contributed by atoms with Crippen LogP contribution in [0.5, 0.6) is 5.75 Å². The molecule has 1 heterocycles. The molecule has 0 bridgehead atoms. The molecule has 1 aliphatic carbocycles. The number of aromatic hydroxyl groups is 1. The van der Waals surface area contributed by atoms with Gasteiger partial charge in [-0.3, -0.25) is 4.79 Å². The Morgan fingerprint density at radius 1 is 1.53 bits per heavy atom. The van der Waals surface area contributed by atoms with E-state index in [0.717, 1.165) is 13.0 Å². The molecule has 2 aliphatic rings. The van der Waals surface area contributed by atoms with Crippen LogP contribution in [0, 0.1) is 9.49 Å². The lowest BCUT2D eigenvalue weighted by molar-refractivity contribution is -0.0161. The monoisotopic (exact) mass is 374 g/mol. The molecule has 4 atom stereocenters. The molecule has 1 aliphatic heterocycles. The Labute approximate surface area is 124 Å². The van der Waals surface area contributed by atoms with E-state index in [1.54, 1.807) is 12.1 Å². The first kappa shape index (κ1) is 13.1. The number of carbonyl (C=O) groups excluding carboxylic acids is 1. The van der Waals surface area contributed by atoms with Crippen LogP contribution in [0.1, 0.15) is 16.8 Å². The highest BCUT2D eigenvalue weighted by atomic mass is 127. The fraction of sp³-hybridized carbons (Fsp3) is 0.462. The Hall–Kier alpha value is -0.860. The zero-order valence-electron chi connectivity index (χ0n) is 10.2. The van der Waals surface area contributed by atoms with E-state index >= 15 is 0 Å². The topological polar surface area (TPSA) is 84.6 Å². The third-order valence-electron chi connectivity index (χ3n) is 3.95. The van der Waals surface area contributed by atoms with Crippen LogP contribution >= 0.6 is 22.6 Å². The highest BCUT2D eigenvalue weighted by Crippen LogP contribution is 2.37. The summed E-state index contributed by atoms with van der Waals surface area (Å²) in [6.45, 7) is 0.722. The van der Waals surface area contributed by atoms with Crippen LogP contribution in [0.15, 0.2) is 18.2 Å². The summed E-state index contributed by atoms with van der Waals surface area (Å²) < 4.78 is 6.29. The molecule has 1 aromatic rings. The molecule has 0 radical (unpaired) electrons. The first-order valence-corrected chi connectivity index (χ1v) is 7.32. The molecule has 0 aromatic heterocycles. The summed E-state index contributed by atoms with van der Waals surface area (Å²) >= 11 is 2.01. The maximum atomic E-state index is 12.1. The van der Waals surface area contributed by atoms with Gasteiger partial charge in [0.05, 0.1) is 15.7 Å². The van der Waals surface area contributed by atoms with Gasteiger partial charge in [-0.05, 0) is 47.2 Å². The summed E-state index contributed by atoms with van der Waals surface area (Å²) in [5.41, 5.74) is 6.48. The summed E-state index contributed by atoms with van der Waals surface area (Å²) in [5, 5.41) is 12.5. The lowest BCUT2D eigenvalue weighted by Gasteiger charge is -2.45. The van der Waals surface area contributed by atoms with Crippen molar-refractivity contribution in [3.05, 3.63) is 27.3 Å². The van der Waals surface area contributed by atoms with Crippen molar-refractivity contribution in [3.8, 4) is 5.75 Å². The number of carbonyl (C=O) groups is 1. The fourth-order valence-electron chi connectivity index (χ4n) is 2.82. The van der Waals surface area contributed by atoms with Gasteiger partial charge in [-0.2, -0.15) is 0 Å². The number of ether oxygens (including phenoxy) is 1. The van der Waals surface area contributed by atoms with Crippen molar-refractivity contribution in [2.24, 2.45) is 11.7 Å². The quantitative estimate of drug-likeness (QED) is 0.670. The zero-order valence-corrected chi connectivity index (χ0v) is 12.3. The highest BCUT2D eigenvalue weighted by molar-refractivity contribution is 14.1. The van der Waals surface area contributed by atoms with Crippen LogP contribution in [-0.4, -0.2) is 35.8 Å². The van der Waals surface area contributed by atoms with Crippen LogP contribution in [0.2, 0.25) is 0 Å². The minimum atomic E-state index is -0.221. The van der Waals surface area contributed by atoms with Gasteiger partial charge >= 0.3 is 0 Å². The standard InChI is InChI=1S/C13H15IN2O3/c14-8-2-1-6(5-9(8)17)13(18)16-11-10(15)7-3-4-19-12(7)11/h1-2,5,7,10-12,17H,3-4,15H2,(H,16,18). The molecule has 2 fully saturated rings. The predicted molar refractivity (Wildman–Crippen MR) is 77.9 cm³/mol. The number of hydrogen-bond acceptors (Lipinski definition) is 4. The van der Waals surface area contributed by atoms with Crippen LogP contribution in [-0.2, 0) is 4.74 Å². The summed E-state index contributed by atoms with van der Waals surface area (Å²) in [6, 6.07) is 4.71. The van der Waals surface area contributed by atoms with Crippen molar-refractivity contribution in [1.82, 2.24) is 5.32 Å². The summed E-state index contributed by atoms with van der Waals surface area (Å²) in [6.07, 6.45) is 1.03. The molecule has 5 nitrogen and oxygen atoms in total. The number of fused-ring (bicyclic) bond motifs is 1. The average Bonchev–Trinajstić information content (AvgIpc) is 2.83. The number of nitrogens with two attached hydrogens (primary N) is 1. The lowest BCUT2D eigenvalue weighted by Crippen LogP contribution is -2.68. The summed E-state index contributed by atoms with van der Waals surface area (Å²) in [5.74, 6) is 0.262. The third-order valence-corrected chi connectivity index (χ3v) is 4.86. The largest absolute Gasteiger partial charge is 0.507 e. The van der Waals surface area contributed by atoms with E-state index in [9.17, 15) is 9.90 Å². The normalized spacial score (nSPS) is 32.5. The number of phenols is 1. The highest BCUT2D eigenvalue weighted by Gasteiger charge is 2.52. The molecule has 0 spiro atoms. The fourth-order valence-corrected chi connectivity index (χ4v) is 3.15. The number of amides is 1. The molecule has 102 valence electrons. The van der Waals surface area contributed by atoms with Crippen LogP contribution in [0.25, 0.3) is 0 Å². The van der Waals surface area contributed by atoms with Gasteiger partial charge in [-0.25, -0.2) is 0 Å². The number of halogens is 1. The number of hydrogen-bond donors (Lipinski definition) is 3. The number of rotatable bonds is 2. The SMILES string of the molecule is NC1C2CCOC2C1NC(=O)c1ccc(I)c(O)c1. The van der Waals surface area contributed by atoms with Crippen molar-refractivity contribution < 1.29 is 14.6 Å². The Morgan fingerprint density at radius 2 is 2.32 bits per heavy atom. The molecule has 1 saturated carbocycles. The molecule has 1 aromatic carbocycles. The zero-order chi connectivity index (χ0) is 13.6. The van der Waals surface area contributed by atoms with Crippen molar-refractivity contribution >= 4 is 28.5 Å². The minimum absolute atomic E-state index is 0.0334.